The average Bonchev–Trinajstić information content (AvgIpc) is 3.01. The Kier molecular flexibility index (Phi) is 6.80. The van der Waals surface area contributed by atoms with E-state index in [1.165, 1.54) is 5.56 Å². The number of aromatic nitrogens is 3. The van der Waals surface area contributed by atoms with Gasteiger partial charge in [-0.15, -0.1) is 10.2 Å². The van der Waals surface area contributed by atoms with Crippen molar-refractivity contribution in [1.29, 1.82) is 0 Å². The van der Waals surface area contributed by atoms with Crippen LogP contribution in [0.5, 0.6) is 5.75 Å². The third kappa shape index (κ3) is 5.48. The molecule has 0 aliphatic rings. The zero-order valence-electron chi connectivity index (χ0n) is 15.7. The summed E-state index contributed by atoms with van der Waals surface area (Å²) in [5, 5.41) is 14.5. The SMILES string of the molecule is CCC(C)Oc1cc(C)ccc1CNC(=NC)NCc1nncn1C. The van der Waals surface area contributed by atoms with Crippen LogP contribution in [0.15, 0.2) is 29.5 Å². The molecule has 7 heteroatoms. The van der Waals surface area contributed by atoms with E-state index in [-0.39, 0.29) is 6.10 Å². The summed E-state index contributed by atoms with van der Waals surface area (Å²) in [6, 6.07) is 6.27. The molecule has 0 spiro atoms. The van der Waals surface area contributed by atoms with Crippen molar-refractivity contribution in [3.8, 4) is 5.75 Å². The minimum Gasteiger partial charge on any atom is -0.490 e. The Hall–Kier alpha value is -2.57. The highest BCUT2D eigenvalue weighted by Gasteiger charge is 2.09. The van der Waals surface area contributed by atoms with Crippen LogP contribution < -0.4 is 15.4 Å². The predicted octanol–water partition coefficient (Wildman–Crippen LogP) is 2.17. The molecule has 2 aromatic rings. The number of rotatable bonds is 7. The van der Waals surface area contributed by atoms with E-state index in [4.69, 9.17) is 4.74 Å². The second kappa shape index (κ2) is 9.05. The Labute approximate surface area is 149 Å². The third-order valence-corrected chi connectivity index (χ3v) is 4.01. The number of ether oxygens (including phenoxy) is 1. The van der Waals surface area contributed by atoms with E-state index in [0.717, 1.165) is 23.6 Å². The molecule has 1 heterocycles. The summed E-state index contributed by atoms with van der Waals surface area (Å²) in [5.74, 6) is 2.47. The van der Waals surface area contributed by atoms with Gasteiger partial charge in [0.2, 0.25) is 0 Å². The molecular formula is C18H28N6O. The lowest BCUT2D eigenvalue weighted by Gasteiger charge is -2.18. The van der Waals surface area contributed by atoms with Crippen molar-refractivity contribution in [3.63, 3.8) is 0 Å². The van der Waals surface area contributed by atoms with Crippen molar-refractivity contribution in [2.75, 3.05) is 7.05 Å². The summed E-state index contributed by atoms with van der Waals surface area (Å²) < 4.78 is 7.93. The highest BCUT2D eigenvalue weighted by Crippen LogP contribution is 2.22. The molecule has 2 N–H and O–H groups in total. The Morgan fingerprint density at radius 1 is 1.32 bits per heavy atom. The summed E-state index contributed by atoms with van der Waals surface area (Å²) >= 11 is 0. The third-order valence-electron chi connectivity index (χ3n) is 4.01. The maximum absolute atomic E-state index is 6.05. The first-order chi connectivity index (χ1) is 12.0. The van der Waals surface area contributed by atoms with Crippen molar-refractivity contribution in [2.24, 2.45) is 12.0 Å². The van der Waals surface area contributed by atoms with E-state index < -0.39 is 0 Å². The fourth-order valence-corrected chi connectivity index (χ4v) is 2.25. The van der Waals surface area contributed by atoms with E-state index in [2.05, 4.69) is 64.8 Å². The van der Waals surface area contributed by atoms with Crippen LogP contribution in [0.2, 0.25) is 0 Å². The Morgan fingerprint density at radius 3 is 2.72 bits per heavy atom. The summed E-state index contributed by atoms with van der Waals surface area (Å²) in [7, 11) is 3.66. The lowest BCUT2D eigenvalue weighted by Crippen LogP contribution is -2.37. The van der Waals surface area contributed by atoms with Gasteiger partial charge in [-0.1, -0.05) is 19.1 Å². The fourth-order valence-electron chi connectivity index (χ4n) is 2.25. The molecule has 1 atom stereocenters. The molecule has 0 radical (unpaired) electrons. The van der Waals surface area contributed by atoms with Crippen LogP contribution >= 0.6 is 0 Å². The van der Waals surface area contributed by atoms with Gasteiger partial charge in [-0.05, 0) is 31.9 Å². The van der Waals surface area contributed by atoms with Crippen molar-refractivity contribution in [2.45, 2.75) is 46.4 Å². The first kappa shape index (κ1) is 18.8. The molecule has 136 valence electrons. The van der Waals surface area contributed by atoms with E-state index in [1.54, 1.807) is 13.4 Å². The summed E-state index contributed by atoms with van der Waals surface area (Å²) in [5.41, 5.74) is 2.29. The molecule has 0 amide bonds. The lowest BCUT2D eigenvalue weighted by molar-refractivity contribution is 0.215. The van der Waals surface area contributed by atoms with Crippen molar-refractivity contribution in [3.05, 3.63) is 41.5 Å². The van der Waals surface area contributed by atoms with Gasteiger partial charge >= 0.3 is 0 Å². The molecule has 25 heavy (non-hydrogen) atoms. The zero-order chi connectivity index (χ0) is 18.2. The Morgan fingerprint density at radius 2 is 2.08 bits per heavy atom. The molecule has 2 rings (SSSR count). The number of hydrogen-bond acceptors (Lipinski definition) is 4. The van der Waals surface area contributed by atoms with Gasteiger partial charge in [0.05, 0.1) is 12.6 Å². The summed E-state index contributed by atoms with van der Waals surface area (Å²) in [6.07, 6.45) is 2.84. The summed E-state index contributed by atoms with van der Waals surface area (Å²) in [6.45, 7) is 7.46. The maximum atomic E-state index is 6.05. The smallest absolute Gasteiger partial charge is 0.191 e. The highest BCUT2D eigenvalue weighted by molar-refractivity contribution is 5.79. The van der Waals surface area contributed by atoms with Gasteiger partial charge in [-0.25, -0.2) is 0 Å². The van der Waals surface area contributed by atoms with Gasteiger partial charge in [0.1, 0.15) is 12.1 Å². The van der Waals surface area contributed by atoms with Gasteiger partial charge in [0.25, 0.3) is 0 Å². The predicted molar refractivity (Wildman–Crippen MR) is 99.6 cm³/mol. The number of nitrogens with zero attached hydrogens (tertiary/aromatic N) is 4. The van der Waals surface area contributed by atoms with Crippen molar-refractivity contribution < 1.29 is 4.74 Å². The molecule has 1 aromatic carbocycles. The fraction of sp³-hybridized carbons (Fsp3) is 0.500. The van der Waals surface area contributed by atoms with Gasteiger partial charge < -0.3 is 19.9 Å². The van der Waals surface area contributed by atoms with Crippen LogP contribution in [-0.4, -0.2) is 33.9 Å². The molecule has 0 saturated carbocycles. The van der Waals surface area contributed by atoms with E-state index in [9.17, 15) is 0 Å². The first-order valence-corrected chi connectivity index (χ1v) is 8.57. The molecule has 0 fully saturated rings. The molecule has 1 aromatic heterocycles. The van der Waals surface area contributed by atoms with Crippen LogP contribution in [0.1, 0.15) is 37.2 Å². The molecule has 0 saturated heterocycles. The van der Waals surface area contributed by atoms with Crippen LogP contribution in [-0.2, 0) is 20.1 Å². The second-order valence-corrected chi connectivity index (χ2v) is 6.09. The number of aliphatic imine (C=N–C) groups is 1. The molecule has 0 aliphatic carbocycles. The van der Waals surface area contributed by atoms with Gasteiger partial charge in [-0.3, -0.25) is 4.99 Å². The number of guanidine groups is 1. The number of benzene rings is 1. The van der Waals surface area contributed by atoms with Crippen LogP contribution in [0.3, 0.4) is 0 Å². The Bertz CT molecular complexity index is 709. The molecule has 1 unspecified atom stereocenters. The molecule has 7 nitrogen and oxygen atoms in total. The van der Waals surface area contributed by atoms with Crippen LogP contribution in [0, 0.1) is 6.92 Å². The number of hydrogen-bond donors (Lipinski definition) is 2. The maximum Gasteiger partial charge on any atom is 0.191 e. The van der Waals surface area contributed by atoms with E-state index in [1.807, 2.05) is 11.6 Å². The standard InChI is InChI=1S/C18H28N6O/c1-6-14(3)25-16-9-13(2)7-8-15(16)10-20-18(19-4)21-11-17-23-22-12-24(17)5/h7-9,12,14H,6,10-11H2,1-5H3,(H2,19,20,21). The van der Waals surface area contributed by atoms with Crippen LogP contribution in [0.4, 0.5) is 0 Å². The van der Waals surface area contributed by atoms with Crippen LogP contribution in [0.25, 0.3) is 0 Å². The largest absolute Gasteiger partial charge is 0.490 e. The highest BCUT2D eigenvalue weighted by atomic mass is 16.5. The lowest BCUT2D eigenvalue weighted by atomic mass is 10.1. The number of nitrogens with one attached hydrogen (secondary N) is 2. The second-order valence-electron chi connectivity index (χ2n) is 6.09. The van der Waals surface area contributed by atoms with Crippen molar-refractivity contribution in [1.82, 2.24) is 25.4 Å². The average molecular weight is 344 g/mol. The Balaban J connectivity index is 1.97. The quantitative estimate of drug-likeness (QED) is 0.595. The minimum absolute atomic E-state index is 0.189. The van der Waals surface area contributed by atoms with Gasteiger partial charge in [0.15, 0.2) is 11.8 Å². The summed E-state index contributed by atoms with van der Waals surface area (Å²) in [4.78, 5) is 4.25. The number of aryl methyl sites for hydroxylation is 2. The first-order valence-electron chi connectivity index (χ1n) is 8.57. The molecule has 0 bridgehead atoms. The topological polar surface area (TPSA) is 76.4 Å². The van der Waals surface area contributed by atoms with Gasteiger partial charge in [-0.2, -0.15) is 0 Å². The van der Waals surface area contributed by atoms with E-state index >= 15 is 0 Å². The molecule has 0 aliphatic heterocycles. The van der Waals surface area contributed by atoms with Crippen molar-refractivity contribution >= 4 is 5.96 Å². The monoisotopic (exact) mass is 344 g/mol. The normalized spacial score (nSPS) is 12.8. The minimum atomic E-state index is 0.189. The van der Waals surface area contributed by atoms with Gasteiger partial charge in [0, 0.05) is 26.2 Å². The zero-order valence-corrected chi connectivity index (χ0v) is 15.7. The van der Waals surface area contributed by atoms with E-state index in [0.29, 0.717) is 19.0 Å². The molecular weight excluding hydrogens is 316 g/mol.